The number of ether oxygens (including phenoxy) is 1. The zero-order valence-electron chi connectivity index (χ0n) is 10.2. The molecule has 0 aliphatic carbocycles. The van der Waals surface area contributed by atoms with E-state index in [9.17, 15) is 0 Å². The molecule has 0 radical (unpaired) electrons. The molecule has 2 heterocycles. The molecule has 2 heteroatoms. The molecular weight excluding hydrogens is 222 g/mol. The topological polar surface area (TPSA) is 21.3 Å². The Morgan fingerprint density at radius 2 is 1.61 bits per heavy atom. The first-order valence-corrected chi connectivity index (χ1v) is 6.47. The lowest BCUT2D eigenvalue weighted by Gasteiger charge is -2.07. The Morgan fingerprint density at radius 3 is 2.56 bits per heavy atom. The highest BCUT2D eigenvalue weighted by atomic mass is 16.5. The maximum atomic E-state index is 5.47. The van der Waals surface area contributed by atoms with Crippen molar-refractivity contribution in [2.75, 3.05) is 11.9 Å². The van der Waals surface area contributed by atoms with E-state index < -0.39 is 0 Å². The normalized spacial score (nSPS) is 16.2. The molecule has 0 bridgehead atoms. The van der Waals surface area contributed by atoms with Crippen LogP contribution in [0.25, 0.3) is 11.1 Å². The SMILES string of the molecule is c1cc2c(cc1-c1ccc3c(c1)NCC3)COC2. The van der Waals surface area contributed by atoms with Crippen molar-refractivity contribution in [1.29, 1.82) is 0 Å². The highest BCUT2D eigenvalue weighted by molar-refractivity contribution is 5.72. The highest BCUT2D eigenvalue weighted by Gasteiger charge is 2.14. The maximum absolute atomic E-state index is 5.47. The Labute approximate surface area is 107 Å². The molecule has 2 aliphatic rings. The Kier molecular flexibility index (Phi) is 2.17. The van der Waals surface area contributed by atoms with Crippen molar-refractivity contribution in [2.24, 2.45) is 0 Å². The van der Waals surface area contributed by atoms with Gasteiger partial charge in [-0.1, -0.05) is 24.3 Å². The first-order chi connectivity index (χ1) is 8.90. The van der Waals surface area contributed by atoms with Crippen LogP contribution in [-0.2, 0) is 24.4 Å². The summed E-state index contributed by atoms with van der Waals surface area (Å²) in [5.74, 6) is 0. The third-order valence-corrected chi connectivity index (χ3v) is 3.87. The summed E-state index contributed by atoms with van der Waals surface area (Å²) in [6.07, 6.45) is 1.15. The predicted molar refractivity (Wildman–Crippen MR) is 72.6 cm³/mol. The third kappa shape index (κ3) is 1.53. The molecular formula is C16H15NO. The molecule has 0 spiro atoms. The maximum Gasteiger partial charge on any atom is 0.0725 e. The molecule has 18 heavy (non-hydrogen) atoms. The average molecular weight is 237 g/mol. The van der Waals surface area contributed by atoms with E-state index in [0.29, 0.717) is 0 Å². The van der Waals surface area contributed by atoms with Gasteiger partial charge in [-0.3, -0.25) is 0 Å². The van der Waals surface area contributed by atoms with Crippen molar-refractivity contribution in [2.45, 2.75) is 19.6 Å². The minimum atomic E-state index is 0.756. The Balaban J connectivity index is 1.78. The second-order valence-electron chi connectivity index (χ2n) is 5.02. The van der Waals surface area contributed by atoms with Crippen LogP contribution in [0.5, 0.6) is 0 Å². The van der Waals surface area contributed by atoms with E-state index in [-0.39, 0.29) is 0 Å². The summed E-state index contributed by atoms with van der Waals surface area (Å²) in [5.41, 5.74) is 7.97. The fourth-order valence-electron chi connectivity index (χ4n) is 2.82. The second-order valence-corrected chi connectivity index (χ2v) is 5.02. The fraction of sp³-hybridized carbons (Fsp3) is 0.250. The zero-order chi connectivity index (χ0) is 11.9. The number of hydrogen-bond acceptors (Lipinski definition) is 2. The van der Waals surface area contributed by atoms with E-state index in [1.807, 2.05) is 0 Å². The molecule has 1 N–H and O–H groups in total. The van der Waals surface area contributed by atoms with Gasteiger partial charge in [-0.05, 0) is 46.4 Å². The van der Waals surface area contributed by atoms with E-state index in [4.69, 9.17) is 4.74 Å². The van der Waals surface area contributed by atoms with Crippen LogP contribution in [0.2, 0.25) is 0 Å². The minimum absolute atomic E-state index is 0.756. The van der Waals surface area contributed by atoms with Crippen molar-refractivity contribution >= 4 is 5.69 Å². The van der Waals surface area contributed by atoms with E-state index in [2.05, 4.69) is 41.7 Å². The summed E-state index contributed by atoms with van der Waals surface area (Å²) in [5, 5.41) is 3.44. The number of anilines is 1. The highest BCUT2D eigenvalue weighted by Crippen LogP contribution is 2.31. The number of rotatable bonds is 1. The zero-order valence-corrected chi connectivity index (χ0v) is 10.2. The van der Waals surface area contributed by atoms with Gasteiger partial charge in [0, 0.05) is 12.2 Å². The molecule has 2 aliphatic heterocycles. The molecule has 0 amide bonds. The molecule has 2 aromatic carbocycles. The standard InChI is InChI=1S/C16H15NO/c1-2-13(8-16-11(1)5-6-17-16)12-3-4-14-9-18-10-15(14)7-12/h1-4,7-8,17H,5-6,9-10H2. The monoisotopic (exact) mass is 237 g/mol. The Morgan fingerprint density at radius 1 is 0.833 bits per heavy atom. The van der Waals surface area contributed by atoms with Crippen LogP contribution in [-0.4, -0.2) is 6.54 Å². The molecule has 0 atom stereocenters. The van der Waals surface area contributed by atoms with Gasteiger partial charge in [-0.25, -0.2) is 0 Å². The van der Waals surface area contributed by atoms with Gasteiger partial charge in [-0.2, -0.15) is 0 Å². The largest absolute Gasteiger partial charge is 0.384 e. The Hall–Kier alpha value is -1.80. The fourth-order valence-corrected chi connectivity index (χ4v) is 2.82. The van der Waals surface area contributed by atoms with E-state index >= 15 is 0 Å². The van der Waals surface area contributed by atoms with E-state index in [0.717, 1.165) is 26.2 Å². The average Bonchev–Trinajstić information content (AvgIpc) is 3.05. The van der Waals surface area contributed by atoms with Crippen LogP contribution in [0, 0.1) is 0 Å². The Bertz CT molecular complexity index is 563. The lowest BCUT2D eigenvalue weighted by molar-refractivity contribution is 0.134. The number of hydrogen-bond donors (Lipinski definition) is 1. The third-order valence-electron chi connectivity index (χ3n) is 3.87. The number of nitrogens with one attached hydrogen (secondary N) is 1. The molecule has 0 unspecified atom stereocenters. The lowest BCUT2D eigenvalue weighted by atomic mass is 9.99. The smallest absolute Gasteiger partial charge is 0.0725 e. The van der Waals surface area contributed by atoms with Gasteiger partial charge in [0.25, 0.3) is 0 Å². The van der Waals surface area contributed by atoms with Crippen LogP contribution >= 0.6 is 0 Å². The van der Waals surface area contributed by atoms with Crippen LogP contribution < -0.4 is 5.32 Å². The van der Waals surface area contributed by atoms with Crippen molar-refractivity contribution < 1.29 is 4.74 Å². The van der Waals surface area contributed by atoms with Crippen LogP contribution in [0.1, 0.15) is 16.7 Å². The van der Waals surface area contributed by atoms with Crippen LogP contribution in [0.4, 0.5) is 5.69 Å². The molecule has 0 saturated heterocycles. The minimum Gasteiger partial charge on any atom is -0.384 e. The van der Waals surface area contributed by atoms with Gasteiger partial charge in [0.05, 0.1) is 13.2 Å². The van der Waals surface area contributed by atoms with Crippen LogP contribution in [0.3, 0.4) is 0 Å². The molecule has 0 saturated carbocycles. The summed E-state index contributed by atoms with van der Waals surface area (Å²) in [4.78, 5) is 0. The summed E-state index contributed by atoms with van der Waals surface area (Å²) in [6.45, 7) is 2.59. The molecule has 2 nitrogen and oxygen atoms in total. The quantitative estimate of drug-likeness (QED) is 0.821. The number of fused-ring (bicyclic) bond motifs is 2. The van der Waals surface area contributed by atoms with Gasteiger partial charge < -0.3 is 10.1 Å². The molecule has 0 fully saturated rings. The van der Waals surface area contributed by atoms with Gasteiger partial charge in [0.2, 0.25) is 0 Å². The second kappa shape index (κ2) is 3.85. The van der Waals surface area contributed by atoms with E-state index in [1.54, 1.807) is 0 Å². The van der Waals surface area contributed by atoms with Gasteiger partial charge in [0.15, 0.2) is 0 Å². The molecule has 0 aromatic heterocycles. The first kappa shape index (κ1) is 10.2. The van der Waals surface area contributed by atoms with Crippen molar-refractivity contribution in [3.8, 4) is 11.1 Å². The number of benzene rings is 2. The van der Waals surface area contributed by atoms with Gasteiger partial charge in [-0.15, -0.1) is 0 Å². The molecule has 2 aromatic rings. The summed E-state index contributed by atoms with van der Waals surface area (Å²) in [6, 6.07) is 13.4. The summed E-state index contributed by atoms with van der Waals surface area (Å²) in [7, 11) is 0. The summed E-state index contributed by atoms with van der Waals surface area (Å²) < 4.78 is 5.47. The van der Waals surface area contributed by atoms with Gasteiger partial charge in [0.1, 0.15) is 0 Å². The van der Waals surface area contributed by atoms with Crippen molar-refractivity contribution in [3.63, 3.8) is 0 Å². The first-order valence-electron chi connectivity index (χ1n) is 6.47. The molecule has 4 rings (SSSR count). The summed E-state index contributed by atoms with van der Waals surface area (Å²) >= 11 is 0. The van der Waals surface area contributed by atoms with Crippen LogP contribution in [0.15, 0.2) is 36.4 Å². The predicted octanol–water partition coefficient (Wildman–Crippen LogP) is 3.35. The van der Waals surface area contributed by atoms with Crippen molar-refractivity contribution in [1.82, 2.24) is 0 Å². The van der Waals surface area contributed by atoms with E-state index in [1.165, 1.54) is 33.5 Å². The van der Waals surface area contributed by atoms with Gasteiger partial charge >= 0.3 is 0 Å². The lowest BCUT2D eigenvalue weighted by Crippen LogP contribution is -1.91. The molecule has 90 valence electrons. The van der Waals surface area contributed by atoms with Crippen molar-refractivity contribution in [3.05, 3.63) is 53.1 Å².